The van der Waals surface area contributed by atoms with Gasteiger partial charge in [0.2, 0.25) is 0 Å². The Labute approximate surface area is 387 Å². The summed E-state index contributed by atoms with van der Waals surface area (Å²) in [5.74, 6) is 1.89. The maximum atomic E-state index is 5.18. The zero-order valence-electron chi connectivity index (χ0n) is 36.7. The van der Waals surface area contributed by atoms with Crippen LogP contribution in [0.1, 0.15) is 43.2 Å². The number of rotatable bonds is 8. The SMILES string of the molecule is c1ccc(-c2cccc(-c3nc(-c4cccc(-c5ccccc5)c4)nc(-c4cccc(-c5cccc(-c6ccc(-c7ccc8c(c7)C7(CCCCC7)c7ccccc7-8)cc6)c5)c4)n3)c2)cc1. The van der Waals surface area contributed by atoms with Gasteiger partial charge in [-0.05, 0) is 121 Å². The number of hydrogen-bond acceptors (Lipinski definition) is 3. The summed E-state index contributed by atoms with van der Waals surface area (Å²) in [5, 5.41) is 0. The number of nitrogens with zero attached hydrogens (tertiary/aromatic N) is 3. The Bertz CT molecular complexity index is 3280. The molecule has 0 amide bonds. The average molecular weight is 846 g/mol. The predicted molar refractivity (Wildman–Crippen MR) is 273 cm³/mol. The normalized spacial score (nSPS) is 13.6. The molecule has 0 aliphatic heterocycles. The highest BCUT2D eigenvalue weighted by molar-refractivity contribution is 5.85. The molecule has 0 radical (unpaired) electrons. The quantitative estimate of drug-likeness (QED) is 0.153. The molecule has 2 aliphatic rings. The first-order chi connectivity index (χ1) is 32.6. The third kappa shape index (κ3) is 7.33. The minimum absolute atomic E-state index is 0.148. The zero-order valence-corrected chi connectivity index (χ0v) is 36.7. The van der Waals surface area contributed by atoms with Crippen molar-refractivity contribution in [3.05, 3.63) is 236 Å². The summed E-state index contributed by atoms with van der Waals surface area (Å²) in [6.45, 7) is 0. The molecule has 1 fully saturated rings. The van der Waals surface area contributed by atoms with E-state index in [9.17, 15) is 0 Å². The van der Waals surface area contributed by atoms with Gasteiger partial charge in [0.05, 0.1) is 0 Å². The van der Waals surface area contributed by atoms with Gasteiger partial charge in [-0.3, -0.25) is 0 Å². The molecule has 2 aliphatic carbocycles. The van der Waals surface area contributed by atoms with Gasteiger partial charge in [-0.25, -0.2) is 15.0 Å². The first-order valence-electron chi connectivity index (χ1n) is 23.3. The molecule has 0 unspecified atom stereocenters. The van der Waals surface area contributed by atoms with Gasteiger partial charge in [0.15, 0.2) is 17.5 Å². The molecule has 314 valence electrons. The molecule has 3 heteroatoms. The third-order valence-corrected chi connectivity index (χ3v) is 13.9. The average Bonchev–Trinajstić information content (AvgIpc) is 3.66. The topological polar surface area (TPSA) is 38.7 Å². The van der Waals surface area contributed by atoms with E-state index in [0.29, 0.717) is 17.5 Å². The van der Waals surface area contributed by atoms with Gasteiger partial charge in [0, 0.05) is 22.1 Å². The highest BCUT2D eigenvalue weighted by Gasteiger charge is 2.43. The summed E-state index contributed by atoms with van der Waals surface area (Å²) < 4.78 is 0. The third-order valence-electron chi connectivity index (χ3n) is 13.9. The number of fused-ring (bicyclic) bond motifs is 5. The molecule has 0 bridgehead atoms. The summed E-state index contributed by atoms with van der Waals surface area (Å²) in [5.41, 5.74) is 20.5. The monoisotopic (exact) mass is 845 g/mol. The number of benzene rings is 9. The Morgan fingerprint density at radius 1 is 0.242 bits per heavy atom. The van der Waals surface area contributed by atoms with E-state index in [1.54, 1.807) is 0 Å². The van der Waals surface area contributed by atoms with E-state index in [0.717, 1.165) is 50.1 Å². The van der Waals surface area contributed by atoms with Crippen molar-refractivity contribution >= 4 is 0 Å². The molecule has 3 nitrogen and oxygen atoms in total. The largest absolute Gasteiger partial charge is 0.208 e. The minimum atomic E-state index is 0.148. The second kappa shape index (κ2) is 16.8. The van der Waals surface area contributed by atoms with E-state index in [2.05, 4.69) is 212 Å². The van der Waals surface area contributed by atoms with E-state index in [1.807, 2.05) is 12.1 Å². The Morgan fingerprint density at radius 2 is 0.576 bits per heavy atom. The molecular weight excluding hydrogens is 799 g/mol. The van der Waals surface area contributed by atoms with Crippen LogP contribution >= 0.6 is 0 Å². The van der Waals surface area contributed by atoms with Gasteiger partial charge in [-0.15, -0.1) is 0 Å². The van der Waals surface area contributed by atoms with E-state index >= 15 is 0 Å². The second-order valence-electron chi connectivity index (χ2n) is 17.9. The summed E-state index contributed by atoms with van der Waals surface area (Å²) >= 11 is 0. The van der Waals surface area contributed by atoms with Crippen molar-refractivity contribution in [3.63, 3.8) is 0 Å². The van der Waals surface area contributed by atoms with Crippen LogP contribution in [0.2, 0.25) is 0 Å². The van der Waals surface area contributed by atoms with Crippen LogP contribution in [0.15, 0.2) is 224 Å². The summed E-state index contributed by atoms with van der Waals surface area (Å²) in [7, 11) is 0. The van der Waals surface area contributed by atoms with Crippen LogP contribution < -0.4 is 0 Å². The Hall–Kier alpha value is -8.01. The van der Waals surface area contributed by atoms with Gasteiger partial charge < -0.3 is 0 Å². The summed E-state index contributed by atoms with van der Waals surface area (Å²) in [6.07, 6.45) is 6.41. The second-order valence-corrected chi connectivity index (χ2v) is 17.9. The van der Waals surface area contributed by atoms with Crippen molar-refractivity contribution in [1.29, 1.82) is 0 Å². The minimum Gasteiger partial charge on any atom is -0.208 e. The van der Waals surface area contributed by atoms with Crippen LogP contribution in [0.3, 0.4) is 0 Å². The smallest absolute Gasteiger partial charge is 0.164 e. The maximum Gasteiger partial charge on any atom is 0.164 e. The molecule has 10 aromatic rings. The van der Waals surface area contributed by atoms with Crippen molar-refractivity contribution in [2.75, 3.05) is 0 Å². The zero-order chi connectivity index (χ0) is 43.9. The lowest BCUT2D eigenvalue weighted by Gasteiger charge is -2.36. The van der Waals surface area contributed by atoms with E-state index in [4.69, 9.17) is 15.0 Å². The lowest BCUT2D eigenvalue weighted by molar-refractivity contribution is 0.353. The summed E-state index contributed by atoms with van der Waals surface area (Å²) in [4.78, 5) is 15.5. The number of hydrogen-bond donors (Lipinski definition) is 0. The predicted octanol–water partition coefficient (Wildman–Crippen LogP) is 16.4. The van der Waals surface area contributed by atoms with Crippen LogP contribution in [-0.2, 0) is 5.41 Å². The highest BCUT2D eigenvalue weighted by atomic mass is 15.0. The van der Waals surface area contributed by atoms with E-state index < -0.39 is 0 Å². The highest BCUT2D eigenvalue weighted by Crippen LogP contribution is 2.56. The molecule has 1 saturated carbocycles. The lowest BCUT2D eigenvalue weighted by atomic mass is 9.67. The number of aromatic nitrogens is 3. The van der Waals surface area contributed by atoms with E-state index in [-0.39, 0.29) is 5.41 Å². The molecule has 9 aromatic carbocycles. The van der Waals surface area contributed by atoms with Gasteiger partial charge in [-0.1, -0.05) is 213 Å². The van der Waals surface area contributed by atoms with Crippen molar-refractivity contribution in [1.82, 2.24) is 15.0 Å². The molecule has 1 aromatic heterocycles. The fraction of sp³-hybridized carbons (Fsp3) is 0.0952. The maximum absolute atomic E-state index is 5.18. The fourth-order valence-electron chi connectivity index (χ4n) is 10.6. The molecule has 66 heavy (non-hydrogen) atoms. The van der Waals surface area contributed by atoms with Crippen LogP contribution in [0.25, 0.3) is 101 Å². The Balaban J connectivity index is 0.875. The van der Waals surface area contributed by atoms with Crippen molar-refractivity contribution in [3.8, 4) is 101 Å². The summed E-state index contributed by atoms with van der Waals surface area (Å²) in [6, 6.07) is 80.8. The van der Waals surface area contributed by atoms with Gasteiger partial charge in [0.25, 0.3) is 0 Å². The van der Waals surface area contributed by atoms with Crippen LogP contribution in [0.5, 0.6) is 0 Å². The van der Waals surface area contributed by atoms with Crippen molar-refractivity contribution < 1.29 is 0 Å². The molecule has 0 atom stereocenters. The van der Waals surface area contributed by atoms with Crippen LogP contribution in [-0.4, -0.2) is 15.0 Å². The molecule has 0 N–H and O–H groups in total. The van der Waals surface area contributed by atoms with Crippen LogP contribution in [0, 0.1) is 0 Å². The fourth-order valence-corrected chi connectivity index (χ4v) is 10.6. The first kappa shape index (κ1) is 39.6. The van der Waals surface area contributed by atoms with Crippen LogP contribution in [0.4, 0.5) is 0 Å². The molecule has 0 saturated heterocycles. The molecule has 1 spiro atoms. The van der Waals surface area contributed by atoms with E-state index in [1.165, 1.54) is 76.6 Å². The molecular formula is C63H47N3. The Morgan fingerprint density at radius 3 is 1.06 bits per heavy atom. The van der Waals surface area contributed by atoms with Gasteiger partial charge in [-0.2, -0.15) is 0 Å². The lowest BCUT2D eigenvalue weighted by Crippen LogP contribution is -2.28. The van der Waals surface area contributed by atoms with Crippen molar-refractivity contribution in [2.45, 2.75) is 37.5 Å². The van der Waals surface area contributed by atoms with Gasteiger partial charge >= 0.3 is 0 Å². The Kier molecular flexibility index (Phi) is 10.1. The molecule has 12 rings (SSSR count). The first-order valence-corrected chi connectivity index (χ1v) is 23.3. The standard InChI is InChI=1S/C63H47N3/c1-4-16-43(17-5-1)48-21-13-25-53(39-48)60-64-61(54-26-14-22-49(40-54)44-18-6-2-7-19-44)66-62(65-60)55-27-15-24-51(41-55)50-23-12-20-47(38-50)45-30-32-46(33-31-45)52-34-35-57-56-28-8-9-29-58(56)63(59(57)42-52)36-10-3-11-37-63/h1-2,4-9,12-35,38-42H,3,10-11,36-37H2. The molecule has 1 heterocycles. The van der Waals surface area contributed by atoms with Crippen molar-refractivity contribution in [2.24, 2.45) is 0 Å². The van der Waals surface area contributed by atoms with Gasteiger partial charge in [0.1, 0.15) is 0 Å².